The molecule has 3 nitrogen and oxygen atoms in total. The first-order chi connectivity index (χ1) is 23.8. The highest BCUT2D eigenvalue weighted by molar-refractivity contribution is 6.25. The van der Waals surface area contributed by atoms with Gasteiger partial charge in [0.1, 0.15) is 0 Å². The number of aromatic nitrogens is 3. The maximum absolute atomic E-state index is 4.81. The average Bonchev–Trinajstić information content (AvgIpc) is 3.17. The van der Waals surface area contributed by atoms with Crippen LogP contribution in [-0.4, -0.2) is 15.0 Å². The molecular formula is C45H29N3. The molecule has 0 saturated heterocycles. The first-order valence-corrected chi connectivity index (χ1v) is 16.2. The predicted octanol–water partition coefficient (Wildman–Crippen LogP) is 11.7. The summed E-state index contributed by atoms with van der Waals surface area (Å²) in [5.74, 6) is 0. The number of fused-ring (bicyclic) bond motifs is 3. The van der Waals surface area contributed by atoms with Gasteiger partial charge in [0, 0.05) is 47.0 Å². The van der Waals surface area contributed by atoms with Crippen LogP contribution in [0.3, 0.4) is 0 Å². The second kappa shape index (κ2) is 11.7. The molecule has 0 spiro atoms. The molecule has 3 aromatic heterocycles. The van der Waals surface area contributed by atoms with E-state index in [0.29, 0.717) is 0 Å². The fraction of sp³-hybridized carbons (Fsp3) is 0. The van der Waals surface area contributed by atoms with Gasteiger partial charge in [0.25, 0.3) is 0 Å². The molecule has 9 aromatic rings. The Morgan fingerprint density at radius 2 is 0.958 bits per heavy atom. The summed E-state index contributed by atoms with van der Waals surface area (Å²) in [5.41, 5.74) is 11.1. The minimum absolute atomic E-state index is 0.916. The highest BCUT2D eigenvalue weighted by atomic mass is 14.7. The zero-order valence-corrected chi connectivity index (χ0v) is 26.1. The molecule has 0 aliphatic rings. The fourth-order valence-corrected chi connectivity index (χ4v) is 7.06. The minimum atomic E-state index is 0.916. The molecule has 0 aliphatic heterocycles. The molecule has 6 aromatic carbocycles. The number of hydrogen-bond donors (Lipinski definition) is 0. The molecule has 224 valence electrons. The standard InChI is InChI=1S/C45H29N3/c1-2-12-35-31(10-1)22-24-40(42-17-7-8-27-47-42)44(35)45-38-15-5-3-13-36(38)43(37-14-4-6-16-39(37)45)32-20-18-30(19-21-32)33-23-25-41(48-29-33)34-11-9-26-46-28-34/h1-29H. The summed E-state index contributed by atoms with van der Waals surface area (Å²) in [6.07, 6.45) is 7.45. The largest absolute Gasteiger partial charge is 0.264 e. The van der Waals surface area contributed by atoms with Gasteiger partial charge in [-0.25, -0.2) is 0 Å². The lowest BCUT2D eigenvalue weighted by atomic mass is 9.82. The Labute approximate surface area is 278 Å². The van der Waals surface area contributed by atoms with Crippen molar-refractivity contribution in [3.63, 3.8) is 0 Å². The molecule has 0 bridgehead atoms. The second-order valence-corrected chi connectivity index (χ2v) is 12.0. The quantitative estimate of drug-likeness (QED) is 0.182. The fourth-order valence-electron chi connectivity index (χ4n) is 7.06. The molecule has 0 unspecified atom stereocenters. The molecule has 3 heterocycles. The van der Waals surface area contributed by atoms with Crippen molar-refractivity contribution in [2.45, 2.75) is 0 Å². The number of nitrogens with zero attached hydrogens (tertiary/aromatic N) is 3. The highest BCUT2D eigenvalue weighted by Crippen LogP contribution is 2.48. The van der Waals surface area contributed by atoms with Gasteiger partial charge in [0.15, 0.2) is 0 Å². The molecule has 0 radical (unpaired) electrons. The molecule has 0 aliphatic carbocycles. The summed E-state index contributed by atoms with van der Waals surface area (Å²) >= 11 is 0. The van der Waals surface area contributed by atoms with E-state index in [2.05, 4.69) is 138 Å². The van der Waals surface area contributed by atoms with Crippen molar-refractivity contribution < 1.29 is 0 Å². The normalized spacial score (nSPS) is 11.3. The van der Waals surface area contributed by atoms with Gasteiger partial charge in [-0.3, -0.25) is 15.0 Å². The van der Waals surface area contributed by atoms with Crippen LogP contribution in [0, 0.1) is 0 Å². The average molecular weight is 612 g/mol. The van der Waals surface area contributed by atoms with Crippen LogP contribution in [0.25, 0.3) is 88.2 Å². The first kappa shape index (κ1) is 27.8. The predicted molar refractivity (Wildman–Crippen MR) is 200 cm³/mol. The van der Waals surface area contributed by atoms with Crippen LogP contribution < -0.4 is 0 Å². The zero-order chi connectivity index (χ0) is 31.9. The van der Waals surface area contributed by atoms with Gasteiger partial charge in [-0.1, -0.05) is 121 Å². The molecule has 0 N–H and O–H groups in total. The van der Waals surface area contributed by atoms with E-state index in [1.165, 1.54) is 54.6 Å². The SMILES string of the molecule is c1ccc(-c2ccc3ccccc3c2-c2c3ccccc3c(-c3ccc(-c4ccc(-c5cccnc5)nc4)cc3)c3ccccc23)nc1. The number of benzene rings is 6. The third-order valence-corrected chi connectivity index (χ3v) is 9.28. The van der Waals surface area contributed by atoms with Crippen molar-refractivity contribution >= 4 is 32.3 Å². The molecule has 0 fully saturated rings. The van der Waals surface area contributed by atoms with E-state index in [9.17, 15) is 0 Å². The van der Waals surface area contributed by atoms with Crippen molar-refractivity contribution in [2.75, 3.05) is 0 Å². The summed E-state index contributed by atoms with van der Waals surface area (Å²) in [5, 5.41) is 7.32. The first-order valence-electron chi connectivity index (χ1n) is 16.2. The van der Waals surface area contributed by atoms with Crippen molar-refractivity contribution in [3.8, 4) is 55.9 Å². The van der Waals surface area contributed by atoms with Gasteiger partial charge < -0.3 is 0 Å². The Kier molecular flexibility index (Phi) is 6.80. The number of rotatable bonds is 5. The molecule has 9 rings (SSSR count). The number of pyridine rings is 3. The summed E-state index contributed by atoms with van der Waals surface area (Å²) in [6.45, 7) is 0. The van der Waals surface area contributed by atoms with Crippen molar-refractivity contribution in [1.82, 2.24) is 15.0 Å². The Bertz CT molecular complexity index is 2520. The molecule has 0 saturated carbocycles. The number of hydrogen-bond acceptors (Lipinski definition) is 3. The van der Waals surface area contributed by atoms with Gasteiger partial charge in [-0.2, -0.15) is 0 Å². The van der Waals surface area contributed by atoms with Gasteiger partial charge in [-0.05, 0) is 84.9 Å². The summed E-state index contributed by atoms with van der Waals surface area (Å²) < 4.78 is 0. The van der Waals surface area contributed by atoms with Crippen LogP contribution in [-0.2, 0) is 0 Å². The van der Waals surface area contributed by atoms with Crippen LogP contribution >= 0.6 is 0 Å². The Morgan fingerprint density at radius 3 is 1.60 bits per heavy atom. The van der Waals surface area contributed by atoms with Crippen LogP contribution in [0.1, 0.15) is 0 Å². The highest BCUT2D eigenvalue weighted by Gasteiger charge is 2.21. The van der Waals surface area contributed by atoms with Crippen LogP contribution in [0.5, 0.6) is 0 Å². The Balaban J connectivity index is 1.25. The van der Waals surface area contributed by atoms with Crippen LogP contribution in [0.2, 0.25) is 0 Å². The maximum Gasteiger partial charge on any atom is 0.0717 e. The van der Waals surface area contributed by atoms with Gasteiger partial charge in [-0.15, -0.1) is 0 Å². The molecule has 3 heteroatoms. The van der Waals surface area contributed by atoms with E-state index in [0.717, 1.165) is 33.6 Å². The van der Waals surface area contributed by atoms with Crippen LogP contribution in [0.4, 0.5) is 0 Å². The summed E-state index contributed by atoms with van der Waals surface area (Å²) in [6, 6.07) is 54.0. The van der Waals surface area contributed by atoms with E-state index in [4.69, 9.17) is 9.97 Å². The second-order valence-electron chi connectivity index (χ2n) is 12.0. The smallest absolute Gasteiger partial charge is 0.0717 e. The monoisotopic (exact) mass is 611 g/mol. The molecule has 48 heavy (non-hydrogen) atoms. The van der Waals surface area contributed by atoms with E-state index in [1.54, 1.807) is 6.20 Å². The lowest BCUT2D eigenvalue weighted by Crippen LogP contribution is -1.94. The van der Waals surface area contributed by atoms with Crippen molar-refractivity contribution in [2.24, 2.45) is 0 Å². The van der Waals surface area contributed by atoms with Gasteiger partial charge in [0.2, 0.25) is 0 Å². The summed E-state index contributed by atoms with van der Waals surface area (Å²) in [4.78, 5) is 13.8. The van der Waals surface area contributed by atoms with Gasteiger partial charge >= 0.3 is 0 Å². The van der Waals surface area contributed by atoms with E-state index in [1.807, 2.05) is 36.8 Å². The van der Waals surface area contributed by atoms with Crippen molar-refractivity contribution in [1.29, 1.82) is 0 Å². The van der Waals surface area contributed by atoms with Crippen LogP contribution in [0.15, 0.2) is 176 Å². The lowest BCUT2D eigenvalue weighted by molar-refractivity contribution is 1.28. The lowest BCUT2D eigenvalue weighted by Gasteiger charge is -2.21. The van der Waals surface area contributed by atoms with Crippen molar-refractivity contribution in [3.05, 3.63) is 176 Å². The summed E-state index contributed by atoms with van der Waals surface area (Å²) in [7, 11) is 0. The topological polar surface area (TPSA) is 38.7 Å². The van der Waals surface area contributed by atoms with E-state index < -0.39 is 0 Å². The third-order valence-electron chi connectivity index (χ3n) is 9.28. The Hall–Kier alpha value is -6.45. The van der Waals surface area contributed by atoms with E-state index in [-0.39, 0.29) is 0 Å². The van der Waals surface area contributed by atoms with Gasteiger partial charge in [0.05, 0.1) is 11.4 Å². The van der Waals surface area contributed by atoms with E-state index >= 15 is 0 Å². The maximum atomic E-state index is 4.81. The molecular weight excluding hydrogens is 583 g/mol. The minimum Gasteiger partial charge on any atom is -0.264 e. The zero-order valence-electron chi connectivity index (χ0n) is 26.1. The Morgan fingerprint density at radius 1 is 0.312 bits per heavy atom. The molecule has 0 atom stereocenters. The third kappa shape index (κ3) is 4.72. The molecule has 0 amide bonds.